The van der Waals surface area contributed by atoms with E-state index in [4.69, 9.17) is 8.83 Å². The molecular formula is C14H20N2O2. The Morgan fingerprint density at radius 1 is 1.17 bits per heavy atom. The van der Waals surface area contributed by atoms with Gasteiger partial charge in [0.15, 0.2) is 11.7 Å². The number of nitrogens with zero attached hydrogens (tertiary/aromatic N) is 1. The molecule has 1 N–H and O–H groups in total. The van der Waals surface area contributed by atoms with Crippen molar-refractivity contribution in [3.8, 4) is 11.3 Å². The summed E-state index contributed by atoms with van der Waals surface area (Å²) in [5.74, 6) is 3.39. The van der Waals surface area contributed by atoms with Crippen molar-refractivity contribution in [3.63, 3.8) is 0 Å². The second-order valence-corrected chi connectivity index (χ2v) is 4.44. The van der Waals surface area contributed by atoms with Crippen LogP contribution in [0, 0.1) is 20.8 Å². The molecule has 0 amide bonds. The Balaban J connectivity index is 2.19. The molecule has 4 nitrogen and oxygen atoms in total. The number of hydrogen-bond donors (Lipinski definition) is 1. The molecule has 0 aliphatic heterocycles. The summed E-state index contributed by atoms with van der Waals surface area (Å²) in [5.41, 5.74) is 2.16. The van der Waals surface area contributed by atoms with E-state index in [1.165, 1.54) is 0 Å². The van der Waals surface area contributed by atoms with Crippen LogP contribution in [0.5, 0.6) is 0 Å². The minimum atomic E-state index is 0.767. The molecule has 0 radical (unpaired) electrons. The Hall–Kier alpha value is -1.55. The van der Waals surface area contributed by atoms with Crippen molar-refractivity contribution in [2.75, 3.05) is 13.1 Å². The number of rotatable bonds is 5. The molecule has 0 spiro atoms. The summed E-state index contributed by atoms with van der Waals surface area (Å²) in [6.45, 7) is 9.90. The molecule has 0 unspecified atom stereocenters. The lowest BCUT2D eigenvalue weighted by atomic mass is 10.1. The van der Waals surface area contributed by atoms with Crippen molar-refractivity contribution in [2.24, 2.45) is 0 Å². The average molecular weight is 248 g/mol. The molecule has 0 aliphatic carbocycles. The minimum Gasteiger partial charge on any atom is -0.466 e. The van der Waals surface area contributed by atoms with E-state index in [0.29, 0.717) is 0 Å². The summed E-state index contributed by atoms with van der Waals surface area (Å²) in [6.07, 6.45) is 2.59. The van der Waals surface area contributed by atoms with E-state index in [1.807, 2.05) is 20.8 Å². The van der Waals surface area contributed by atoms with E-state index < -0.39 is 0 Å². The number of oxazole rings is 1. The first-order valence-corrected chi connectivity index (χ1v) is 6.35. The van der Waals surface area contributed by atoms with Crippen molar-refractivity contribution in [1.29, 1.82) is 0 Å². The van der Waals surface area contributed by atoms with E-state index >= 15 is 0 Å². The van der Waals surface area contributed by atoms with Gasteiger partial charge in [0.05, 0.1) is 11.8 Å². The molecule has 0 saturated carbocycles. The predicted molar refractivity (Wildman–Crippen MR) is 70.7 cm³/mol. The van der Waals surface area contributed by atoms with Crippen LogP contribution in [-0.4, -0.2) is 18.1 Å². The van der Waals surface area contributed by atoms with Crippen LogP contribution in [0.1, 0.15) is 29.9 Å². The largest absolute Gasteiger partial charge is 0.466 e. The molecule has 0 atom stereocenters. The van der Waals surface area contributed by atoms with Gasteiger partial charge in [-0.25, -0.2) is 4.98 Å². The van der Waals surface area contributed by atoms with Gasteiger partial charge in [-0.2, -0.15) is 0 Å². The number of aryl methyl sites for hydroxylation is 2. The first-order valence-electron chi connectivity index (χ1n) is 6.35. The fourth-order valence-corrected chi connectivity index (χ4v) is 2.07. The highest BCUT2D eigenvalue weighted by atomic mass is 16.4. The Labute approximate surface area is 107 Å². The van der Waals surface area contributed by atoms with Crippen molar-refractivity contribution >= 4 is 0 Å². The third-order valence-corrected chi connectivity index (χ3v) is 3.13. The highest BCUT2D eigenvalue weighted by Crippen LogP contribution is 2.31. The van der Waals surface area contributed by atoms with Gasteiger partial charge in [0.25, 0.3) is 0 Å². The molecule has 2 heterocycles. The maximum atomic E-state index is 5.78. The summed E-state index contributed by atoms with van der Waals surface area (Å²) in [6, 6.07) is 0. The molecule has 0 bridgehead atoms. The van der Waals surface area contributed by atoms with E-state index in [-0.39, 0.29) is 0 Å². The van der Waals surface area contributed by atoms with Gasteiger partial charge in [0.1, 0.15) is 11.5 Å². The van der Waals surface area contributed by atoms with Gasteiger partial charge in [0, 0.05) is 18.5 Å². The number of furan rings is 1. The molecule has 98 valence electrons. The molecule has 18 heavy (non-hydrogen) atoms. The maximum Gasteiger partial charge on any atom is 0.196 e. The third-order valence-electron chi connectivity index (χ3n) is 3.13. The topological polar surface area (TPSA) is 51.2 Å². The summed E-state index contributed by atoms with van der Waals surface area (Å²) in [4.78, 5) is 4.31. The Morgan fingerprint density at radius 3 is 2.56 bits per heavy atom. The van der Waals surface area contributed by atoms with E-state index in [9.17, 15) is 0 Å². The van der Waals surface area contributed by atoms with Crippen LogP contribution < -0.4 is 5.32 Å². The third kappa shape index (κ3) is 2.48. The van der Waals surface area contributed by atoms with Crippen LogP contribution in [0.3, 0.4) is 0 Å². The smallest absolute Gasteiger partial charge is 0.196 e. The standard InChI is InChI=1S/C14H20N2O2/c1-5-15-7-6-13-16-8-12(18-13)14-9(2)10(3)17-11(14)4/h8,15H,5-7H2,1-4H3. The summed E-state index contributed by atoms with van der Waals surface area (Å²) < 4.78 is 11.4. The Kier molecular flexibility index (Phi) is 3.87. The van der Waals surface area contributed by atoms with Gasteiger partial charge in [0.2, 0.25) is 0 Å². The Bertz CT molecular complexity index is 526. The van der Waals surface area contributed by atoms with Gasteiger partial charge in [-0.1, -0.05) is 6.92 Å². The van der Waals surface area contributed by atoms with Crippen molar-refractivity contribution in [1.82, 2.24) is 10.3 Å². The van der Waals surface area contributed by atoms with Gasteiger partial charge < -0.3 is 14.2 Å². The minimum absolute atomic E-state index is 0.767. The van der Waals surface area contributed by atoms with Gasteiger partial charge in [-0.05, 0) is 27.3 Å². The molecule has 4 heteroatoms. The highest BCUT2D eigenvalue weighted by Gasteiger charge is 2.17. The first-order chi connectivity index (χ1) is 8.63. The monoisotopic (exact) mass is 248 g/mol. The van der Waals surface area contributed by atoms with E-state index in [2.05, 4.69) is 17.2 Å². The van der Waals surface area contributed by atoms with E-state index in [0.717, 1.165) is 53.8 Å². The number of nitrogens with one attached hydrogen (secondary N) is 1. The lowest BCUT2D eigenvalue weighted by Crippen LogP contribution is -2.16. The van der Waals surface area contributed by atoms with Crippen LogP contribution in [0.25, 0.3) is 11.3 Å². The van der Waals surface area contributed by atoms with Crippen LogP contribution in [0.2, 0.25) is 0 Å². The summed E-state index contributed by atoms with van der Waals surface area (Å²) in [5, 5.41) is 3.25. The van der Waals surface area contributed by atoms with Crippen molar-refractivity contribution in [3.05, 3.63) is 29.2 Å². The SMILES string of the molecule is CCNCCc1ncc(-c2c(C)oc(C)c2C)o1. The van der Waals surface area contributed by atoms with Gasteiger partial charge in [-0.3, -0.25) is 0 Å². The maximum absolute atomic E-state index is 5.78. The molecule has 0 fully saturated rings. The van der Waals surface area contributed by atoms with Crippen LogP contribution in [0.4, 0.5) is 0 Å². The highest BCUT2D eigenvalue weighted by molar-refractivity contribution is 5.64. The lowest BCUT2D eigenvalue weighted by Gasteiger charge is -1.98. The first kappa shape index (κ1) is 12.9. The quantitative estimate of drug-likeness (QED) is 0.826. The zero-order valence-corrected chi connectivity index (χ0v) is 11.5. The lowest BCUT2D eigenvalue weighted by molar-refractivity contribution is 0.489. The second-order valence-electron chi connectivity index (χ2n) is 4.44. The fraction of sp³-hybridized carbons (Fsp3) is 0.500. The molecule has 0 saturated heterocycles. The van der Waals surface area contributed by atoms with Gasteiger partial charge in [-0.15, -0.1) is 0 Å². The molecule has 2 aromatic heterocycles. The predicted octanol–water partition coefficient (Wildman–Crippen LogP) is 3.01. The van der Waals surface area contributed by atoms with Crippen LogP contribution in [-0.2, 0) is 6.42 Å². The fourth-order valence-electron chi connectivity index (χ4n) is 2.07. The average Bonchev–Trinajstić information content (AvgIpc) is 2.86. The molecule has 2 aromatic rings. The number of likely N-dealkylation sites (N-methyl/N-ethyl adjacent to an activating group) is 1. The van der Waals surface area contributed by atoms with Crippen molar-refractivity contribution < 1.29 is 8.83 Å². The van der Waals surface area contributed by atoms with Crippen LogP contribution in [0.15, 0.2) is 15.0 Å². The molecule has 0 aliphatic rings. The summed E-state index contributed by atoms with van der Waals surface area (Å²) >= 11 is 0. The van der Waals surface area contributed by atoms with Gasteiger partial charge >= 0.3 is 0 Å². The second kappa shape index (κ2) is 5.40. The molecular weight excluding hydrogens is 228 g/mol. The Morgan fingerprint density at radius 2 is 1.94 bits per heavy atom. The van der Waals surface area contributed by atoms with E-state index in [1.54, 1.807) is 6.20 Å². The number of hydrogen-bond acceptors (Lipinski definition) is 4. The zero-order valence-electron chi connectivity index (χ0n) is 11.5. The number of aromatic nitrogens is 1. The van der Waals surface area contributed by atoms with Crippen molar-refractivity contribution in [2.45, 2.75) is 34.1 Å². The molecule has 0 aromatic carbocycles. The zero-order chi connectivity index (χ0) is 13.1. The normalized spacial score (nSPS) is 11.1. The van der Waals surface area contributed by atoms with Crippen LogP contribution >= 0.6 is 0 Å². The summed E-state index contributed by atoms with van der Waals surface area (Å²) in [7, 11) is 0. The molecule has 2 rings (SSSR count).